The Bertz CT molecular complexity index is 278. The minimum Gasteiger partial charge on any atom is -0.232 e. The molecule has 0 atom stereocenters. The molecule has 0 aromatic carbocycles. The Labute approximate surface area is 65.5 Å². The maximum absolute atomic E-state index is 10.2. The van der Waals surface area contributed by atoms with Crippen molar-refractivity contribution in [3.05, 3.63) is 28.8 Å². The summed E-state index contributed by atoms with van der Waals surface area (Å²) in [4.78, 5) is 0.909. The second-order valence-corrected chi connectivity index (χ2v) is 3.89. The second-order valence-electron chi connectivity index (χ2n) is 1.91. The van der Waals surface area contributed by atoms with Crippen LogP contribution in [0, 0.1) is 6.92 Å². The summed E-state index contributed by atoms with van der Waals surface area (Å²) in [6, 6.07) is 1.79. The van der Waals surface area contributed by atoms with E-state index >= 15 is 0 Å². The van der Waals surface area contributed by atoms with E-state index in [1.165, 1.54) is 11.3 Å². The van der Waals surface area contributed by atoms with Crippen molar-refractivity contribution in [2.24, 2.45) is 0 Å². The molecule has 0 spiro atoms. The number of thiol groups is 1. The lowest BCUT2D eigenvalue weighted by atomic mass is 10.3. The number of hydrogen-bond acceptors (Lipinski definition) is 3. The molecule has 4 heteroatoms. The van der Waals surface area contributed by atoms with Gasteiger partial charge in [-0.15, -0.1) is 11.3 Å². The summed E-state index contributed by atoms with van der Waals surface area (Å²) in [5, 5.41) is 1.81. The highest BCUT2D eigenvalue weighted by atomic mass is 32.2. The molecule has 0 unspecified atom stereocenters. The fourth-order valence-corrected chi connectivity index (χ4v) is 1.94. The lowest BCUT2D eigenvalue weighted by Crippen LogP contribution is -1.81. The van der Waals surface area contributed by atoms with Crippen LogP contribution < -0.4 is 0 Å². The standard InChI is InChI=1S/C6H7O2S2/c1-5-2-6(3-9-5)4-10(7)8/h2-3,10H,1,4H2. The van der Waals surface area contributed by atoms with Gasteiger partial charge in [0, 0.05) is 4.88 Å². The largest absolute Gasteiger partial charge is 0.232 e. The Hall–Kier alpha value is -0.350. The molecule has 0 N–H and O–H groups in total. The Morgan fingerprint density at radius 3 is 2.70 bits per heavy atom. The van der Waals surface area contributed by atoms with Gasteiger partial charge < -0.3 is 0 Å². The molecule has 0 fully saturated rings. The maximum Gasteiger partial charge on any atom is 0.144 e. The van der Waals surface area contributed by atoms with Crippen LogP contribution in [0.5, 0.6) is 0 Å². The summed E-state index contributed by atoms with van der Waals surface area (Å²) in [7, 11) is -2.28. The molecular weight excluding hydrogens is 168 g/mol. The fourth-order valence-electron chi connectivity index (χ4n) is 0.658. The van der Waals surface area contributed by atoms with Gasteiger partial charge in [0.05, 0.1) is 5.75 Å². The molecule has 0 aliphatic rings. The predicted octanol–water partition coefficient (Wildman–Crippen LogP) is 1.04. The summed E-state index contributed by atoms with van der Waals surface area (Å²) in [5.74, 6) is 0.140. The van der Waals surface area contributed by atoms with Crippen LogP contribution in [-0.4, -0.2) is 8.42 Å². The highest BCUT2D eigenvalue weighted by Gasteiger charge is 1.95. The molecule has 1 heterocycles. The Morgan fingerprint density at radius 1 is 1.60 bits per heavy atom. The van der Waals surface area contributed by atoms with Gasteiger partial charge in [-0.3, -0.25) is 0 Å². The van der Waals surface area contributed by atoms with E-state index in [0.29, 0.717) is 0 Å². The van der Waals surface area contributed by atoms with E-state index < -0.39 is 10.7 Å². The first-order chi connectivity index (χ1) is 4.68. The van der Waals surface area contributed by atoms with Crippen LogP contribution >= 0.6 is 11.3 Å². The van der Waals surface area contributed by atoms with Gasteiger partial charge in [0.25, 0.3) is 0 Å². The Balaban J connectivity index is 2.76. The van der Waals surface area contributed by atoms with Crippen LogP contribution in [0.4, 0.5) is 0 Å². The second kappa shape index (κ2) is 3.16. The topological polar surface area (TPSA) is 34.1 Å². The zero-order valence-corrected chi connectivity index (χ0v) is 6.95. The van der Waals surface area contributed by atoms with Crippen LogP contribution in [0.3, 0.4) is 0 Å². The van der Waals surface area contributed by atoms with Gasteiger partial charge in [0.2, 0.25) is 0 Å². The van der Waals surface area contributed by atoms with Crippen LogP contribution in [0.15, 0.2) is 11.4 Å². The average molecular weight is 175 g/mol. The van der Waals surface area contributed by atoms with Gasteiger partial charge in [-0.2, -0.15) is 0 Å². The van der Waals surface area contributed by atoms with Crippen molar-refractivity contribution >= 4 is 22.0 Å². The predicted molar refractivity (Wildman–Crippen MR) is 42.8 cm³/mol. The molecule has 1 aromatic heterocycles. The van der Waals surface area contributed by atoms with Crippen molar-refractivity contribution in [3.63, 3.8) is 0 Å². The normalized spacial score (nSPS) is 10.6. The smallest absolute Gasteiger partial charge is 0.144 e. The third kappa shape index (κ3) is 2.11. The van der Waals surface area contributed by atoms with E-state index in [2.05, 4.69) is 6.92 Å². The molecular formula is C6H7O2S2. The van der Waals surface area contributed by atoms with Crippen molar-refractivity contribution < 1.29 is 8.42 Å². The van der Waals surface area contributed by atoms with Gasteiger partial charge in [0.15, 0.2) is 0 Å². The molecule has 0 aliphatic carbocycles. The summed E-state index contributed by atoms with van der Waals surface area (Å²) >= 11 is 1.47. The monoisotopic (exact) mass is 175 g/mol. The van der Waals surface area contributed by atoms with E-state index in [1.54, 1.807) is 6.07 Å². The van der Waals surface area contributed by atoms with E-state index in [0.717, 1.165) is 10.4 Å². The molecule has 2 nitrogen and oxygen atoms in total. The molecule has 0 amide bonds. The lowest BCUT2D eigenvalue weighted by molar-refractivity contribution is 0.614. The van der Waals surface area contributed by atoms with Crippen molar-refractivity contribution in [3.8, 4) is 0 Å². The maximum atomic E-state index is 10.2. The molecule has 10 heavy (non-hydrogen) atoms. The number of rotatable bonds is 2. The van der Waals surface area contributed by atoms with Crippen molar-refractivity contribution in [1.29, 1.82) is 0 Å². The quantitative estimate of drug-likeness (QED) is 0.681. The summed E-state index contributed by atoms with van der Waals surface area (Å²) in [6.07, 6.45) is 0. The van der Waals surface area contributed by atoms with Gasteiger partial charge in [0.1, 0.15) is 10.7 Å². The van der Waals surface area contributed by atoms with Gasteiger partial charge in [-0.1, -0.05) is 0 Å². The molecule has 1 rings (SSSR count). The number of hydrogen-bond donors (Lipinski definition) is 1. The minimum atomic E-state index is -2.28. The number of thiophene rings is 1. The van der Waals surface area contributed by atoms with E-state index in [9.17, 15) is 8.42 Å². The van der Waals surface area contributed by atoms with Crippen LogP contribution in [0.25, 0.3) is 0 Å². The summed E-state index contributed by atoms with van der Waals surface area (Å²) < 4.78 is 20.4. The molecule has 1 radical (unpaired) electrons. The average Bonchev–Trinajstić information content (AvgIpc) is 2.13. The van der Waals surface area contributed by atoms with Crippen molar-refractivity contribution in [2.45, 2.75) is 5.75 Å². The molecule has 55 valence electrons. The molecule has 0 aliphatic heterocycles. The minimum absolute atomic E-state index is 0.140. The first-order valence-corrected chi connectivity index (χ1v) is 4.94. The van der Waals surface area contributed by atoms with Gasteiger partial charge in [-0.05, 0) is 23.9 Å². The third-order valence-corrected chi connectivity index (χ3v) is 2.48. The lowest BCUT2D eigenvalue weighted by Gasteiger charge is -1.81. The zero-order chi connectivity index (χ0) is 7.56. The van der Waals surface area contributed by atoms with E-state index in [1.807, 2.05) is 5.38 Å². The first kappa shape index (κ1) is 7.75. The zero-order valence-electron chi connectivity index (χ0n) is 5.24. The van der Waals surface area contributed by atoms with Crippen LogP contribution in [-0.2, 0) is 16.5 Å². The first-order valence-electron chi connectivity index (χ1n) is 2.69. The summed E-state index contributed by atoms with van der Waals surface area (Å²) in [5.41, 5.74) is 0.839. The van der Waals surface area contributed by atoms with Crippen LogP contribution in [0.1, 0.15) is 10.4 Å². The van der Waals surface area contributed by atoms with Crippen LogP contribution in [0.2, 0.25) is 0 Å². The van der Waals surface area contributed by atoms with Crippen molar-refractivity contribution in [2.75, 3.05) is 0 Å². The van der Waals surface area contributed by atoms with Crippen molar-refractivity contribution in [1.82, 2.24) is 0 Å². The highest BCUT2D eigenvalue weighted by Crippen LogP contribution is 2.13. The van der Waals surface area contributed by atoms with Gasteiger partial charge >= 0.3 is 0 Å². The Morgan fingerprint density at radius 2 is 2.30 bits per heavy atom. The summed E-state index contributed by atoms with van der Waals surface area (Å²) in [6.45, 7) is 3.67. The molecule has 0 bridgehead atoms. The Kier molecular flexibility index (Phi) is 2.45. The molecule has 1 aromatic rings. The molecule has 0 saturated carbocycles. The third-order valence-electron chi connectivity index (χ3n) is 1.02. The highest BCUT2D eigenvalue weighted by molar-refractivity contribution is 7.71. The van der Waals surface area contributed by atoms with Gasteiger partial charge in [-0.25, -0.2) is 8.42 Å². The van der Waals surface area contributed by atoms with E-state index in [4.69, 9.17) is 0 Å². The van der Waals surface area contributed by atoms with E-state index in [-0.39, 0.29) is 5.75 Å². The molecule has 0 saturated heterocycles. The fraction of sp³-hybridized carbons (Fsp3) is 0.167. The SMILES string of the molecule is [CH2]c1cc(C[SH](=O)=O)cs1.